The van der Waals surface area contributed by atoms with Crippen molar-refractivity contribution in [2.45, 2.75) is 43.4 Å². The van der Waals surface area contributed by atoms with Crippen LogP contribution >= 0.6 is 15.9 Å². The molecule has 1 atom stereocenters. The van der Waals surface area contributed by atoms with Crippen molar-refractivity contribution >= 4 is 21.8 Å². The quantitative estimate of drug-likeness (QED) is 0.732. The van der Waals surface area contributed by atoms with Crippen LogP contribution in [0.25, 0.3) is 0 Å². The van der Waals surface area contributed by atoms with Crippen molar-refractivity contribution in [3.8, 4) is 0 Å². The number of alkyl halides is 1. The number of rotatable bonds is 7. The largest absolute Gasteiger partial charge is 0.383 e. The smallest absolute Gasteiger partial charge is 0.220 e. The second-order valence-electron chi connectivity index (χ2n) is 4.55. The van der Waals surface area contributed by atoms with Crippen molar-refractivity contribution in [2.75, 3.05) is 20.3 Å². The van der Waals surface area contributed by atoms with Crippen LogP contribution in [0.4, 0.5) is 0 Å². The normalized spacial score (nSPS) is 18.6. The Bertz CT molecular complexity index is 205. The SMILES string of the molecule is COCC(Br)CNC(=O)CCC1CCCC1. The maximum Gasteiger partial charge on any atom is 0.220 e. The minimum absolute atomic E-state index is 0.174. The van der Waals surface area contributed by atoms with Gasteiger partial charge in [0.05, 0.1) is 11.4 Å². The molecule has 0 saturated heterocycles. The fraction of sp³-hybridized carbons (Fsp3) is 0.917. The zero-order valence-corrected chi connectivity index (χ0v) is 11.6. The van der Waals surface area contributed by atoms with Crippen LogP contribution in [0.2, 0.25) is 0 Å². The van der Waals surface area contributed by atoms with Gasteiger partial charge in [0.25, 0.3) is 0 Å². The fourth-order valence-corrected chi connectivity index (χ4v) is 2.61. The predicted molar refractivity (Wildman–Crippen MR) is 68.8 cm³/mol. The van der Waals surface area contributed by atoms with Crippen LogP contribution in [0.3, 0.4) is 0 Å². The van der Waals surface area contributed by atoms with E-state index in [1.165, 1.54) is 25.7 Å². The molecule has 1 rings (SSSR count). The predicted octanol–water partition coefficient (Wildman–Crippen LogP) is 2.48. The maximum absolute atomic E-state index is 11.5. The number of hydrogen-bond acceptors (Lipinski definition) is 2. The zero-order chi connectivity index (χ0) is 11.8. The van der Waals surface area contributed by atoms with Gasteiger partial charge in [0.1, 0.15) is 0 Å². The van der Waals surface area contributed by atoms with Gasteiger partial charge in [0.2, 0.25) is 5.91 Å². The molecule has 4 heteroatoms. The summed E-state index contributed by atoms with van der Waals surface area (Å²) in [6.07, 6.45) is 7.07. The van der Waals surface area contributed by atoms with Gasteiger partial charge in [-0.15, -0.1) is 0 Å². The third kappa shape index (κ3) is 5.85. The molecule has 3 nitrogen and oxygen atoms in total. The second kappa shape index (κ2) is 8.07. The van der Waals surface area contributed by atoms with Crippen LogP contribution in [-0.2, 0) is 9.53 Å². The van der Waals surface area contributed by atoms with Gasteiger partial charge < -0.3 is 10.1 Å². The van der Waals surface area contributed by atoms with E-state index in [1.807, 2.05) is 0 Å². The zero-order valence-electron chi connectivity index (χ0n) is 10.0. The summed E-state index contributed by atoms with van der Waals surface area (Å²) >= 11 is 3.44. The summed E-state index contributed by atoms with van der Waals surface area (Å²) in [6, 6.07) is 0. The number of nitrogens with one attached hydrogen (secondary N) is 1. The first-order valence-electron chi connectivity index (χ1n) is 6.12. The summed E-state index contributed by atoms with van der Waals surface area (Å²) in [7, 11) is 1.66. The Balaban J connectivity index is 2.01. The molecular weight excluding hydrogens is 270 g/mol. The molecule has 1 N–H and O–H groups in total. The topological polar surface area (TPSA) is 38.3 Å². The molecule has 1 unspecified atom stereocenters. The summed E-state index contributed by atoms with van der Waals surface area (Å²) in [4.78, 5) is 11.8. The molecule has 94 valence electrons. The molecule has 0 aliphatic heterocycles. The number of hydrogen-bond donors (Lipinski definition) is 1. The van der Waals surface area contributed by atoms with Crippen molar-refractivity contribution < 1.29 is 9.53 Å². The number of halogens is 1. The molecule has 0 aromatic rings. The van der Waals surface area contributed by atoms with E-state index < -0.39 is 0 Å². The first-order valence-corrected chi connectivity index (χ1v) is 7.03. The third-order valence-electron chi connectivity index (χ3n) is 3.12. The first kappa shape index (κ1) is 14.0. The fourth-order valence-electron chi connectivity index (χ4n) is 2.19. The molecule has 0 aromatic carbocycles. The van der Waals surface area contributed by atoms with E-state index in [4.69, 9.17) is 4.74 Å². The van der Waals surface area contributed by atoms with Gasteiger partial charge >= 0.3 is 0 Å². The molecule has 1 saturated carbocycles. The van der Waals surface area contributed by atoms with Crippen LogP contribution in [0, 0.1) is 5.92 Å². The minimum atomic E-state index is 0.174. The van der Waals surface area contributed by atoms with Gasteiger partial charge in [-0.25, -0.2) is 0 Å². The average Bonchev–Trinajstić information content (AvgIpc) is 2.77. The number of carbonyl (C=O) groups is 1. The first-order chi connectivity index (χ1) is 7.72. The molecule has 1 aliphatic rings. The Labute approximate surface area is 106 Å². The number of carbonyl (C=O) groups excluding carboxylic acids is 1. The van der Waals surface area contributed by atoms with Crippen molar-refractivity contribution in [3.63, 3.8) is 0 Å². The highest BCUT2D eigenvalue weighted by molar-refractivity contribution is 9.09. The molecule has 0 aromatic heterocycles. The van der Waals surface area contributed by atoms with Crippen LogP contribution < -0.4 is 5.32 Å². The highest BCUT2D eigenvalue weighted by Crippen LogP contribution is 2.28. The Kier molecular flexibility index (Phi) is 7.05. The van der Waals surface area contributed by atoms with Crippen LogP contribution in [0.15, 0.2) is 0 Å². The molecule has 0 radical (unpaired) electrons. The molecule has 1 amide bonds. The Morgan fingerprint density at radius 3 is 2.81 bits per heavy atom. The van der Waals surface area contributed by atoms with E-state index >= 15 is 0 Å². The summed E-state index contributed by atoms with van der Waals surface area (Å²) in [5.41, 5.74) is 0. The van der Waals surface area contributed by atoms with Gasteiger partial charge in [0.15, 0.2) is 0 Å². The molecule has 0 bridgehead atoms. The van der Waals surface area contributed by atoms with Gasteiger partial charge in [-0.05, 0) is 12.3 Å². The number of amides is 1. The van der Waals surface area contributed by atoms with Crippen molar-refractivity contribution in [3.05, 3.63) is 0 Å². The Morgan fingerprint density at radius 1 is 1.50 bits per heavy atom. The maximum atomic E-state index is 11.5. The lowest BCUT2D eigenvalue weighted by atomic mass is 10.0. The second-order valence-corrected chi connectivity index (χ2v) is 5.84. The van der Waals surface area contributed by atoms with E-state index in [9.17, 15) is 4.79 Å². The number of methoxy groups -OCH3 is 1. The standard InChI is InChI=1S/C12H22BrNO2/c1-16-9-11(13)8-14-12(15)7-6-10-4-2-3-5-10/h10-11H,2-9H2,1H3,(H,14,15). The lowest BCUT2D eigenvalue weighted by molar-refractivity contribution is -0.121. The minimum Gasteiger partial charge on any atom is -0.383 e. The van der Waals surface area contributed by atoms with Crippen LogP contribution in [-0.4, -0.2) is 31.0 Å². The molecular formula is C12H22BrNO2. The lowest BCUT2D eigenvalue weighted by Gasteiger charge is -2.11. The van der Waals surface area contributed by atoms with E-state index in [0.29, 0.717) is 19.6 Å². The van der Waals surface area contributed by atoms with Gasteiger partial charge in [-0.3, -0.25) is 4.79 Å². The Morgan fingerprint density at radius 2 is 2.19 bits per heavy atom. The van der Waals surface area contributed by atoms with E-state index in [-0.39, 0.29) is 10.7 Å². The summed E-state index contributed by atoms with van der Waals surface area (Å²) in [5, 5.41) is 2.93. The highest BCUT2D eigenvalue weighted by atomic mass is 79.9. The third-order valence-corrected chi connectivity index (χ3v) is 3.71. The molecule has 0 heterocycles. The Hall–Kier alpha value is -0.0900. The van der Waals surface area contributed by atoms with Crippen LogP contribution in [0.1, 0.15) is 38.5 Å². The molecule has 1 fully saturated rings. The van der Waals surface area contributed by atoms with Crippen LogP contribution in [0.5, 0.6) is 0 Å². The van der Waals surface area contributed by atoms with Crippen molar-refractivity contribution in [1.82, 2.24) is 5.32 Å². The van der Waals surface area contributed by atoms with Gasteiger partial charge in [0, 0.05) is 20.1 Å². The average molecular weight is 292 g/mol. The number of ether oxygens (including phenoxy) is 1. The van der Waals surface area contributed by atoms with Crippen molar-refractivity contribution in [2.24, 2.45) is 5.92 Å². The molecule has 1 aliphatic carbocycles. The van der Waals surface area contributed by atoms with Crippen molar-refractivity contribution in [1.29, 1.82) is 0 Å². The van der Waals surface area contributed by atoms with E-state index in [2.05, 4.69) is 21.2 Å². The monoisotopic (exact) mass is 291 g/mol. The summed E-state index contributed by atoms with van der Waals surface area (Å²) < 4.78 is 4.98. The summed E-state index contributed by atoms with van der Waals surface area (Å²) in [5.74, 6) is 0.969. The van der Waals surface area contributed by atoms with Gasteiger partial charge in [-0.1, -0.05) is 41.6 Å². The molecule has 0 spiro atoms. The molecule has 16 heavy (non-hydrogen) atoms. The van der Waals surface area contributed by atoms with Gasteiger partial charge in [-0.2, -0.15) is 0 Å². The lowest BCUT2D eigenvalue weighted by Crippen LogP contribution is -2.31. The van der Waals surface area contributed by atoms with E-state index in [0.717, 1.165) is 12.3 Å². The summed E-state index contributed by atoms with van der Waals surface area (Å²) in [6.45, 7) is 1.28. The van der Waals surface area contributed by atoms with E-state index in [1.54, 1.807) is 7.11 Å². The highest BCUT2D eigenvalue weighted by Gasteiger charge is 2.16.